The summed E-state index contributed by atoms with van der Waals surface area (Å²) in [5, 5.41) is 3.05. The van der Waals surface area contributed by atoms with Gasteiger partial charge in [-0.25, -0.2) is 0 Å². The van der Waals surface area contributed by atoms with Crippen LogP contribution < -0.4 is 5.73 Å². The van der Waals surface area contributed by atoms with Crippen LogP contribution in [0.25, 0.3) is 10.1 Å². The molecule has 3 rings (SSSR count). The maximum absolute atomic E-state index is 12.5. The van der Waals surface area contributed by atoms with E-state index in [0.717, 1.165) is 30.0 Å². The zero-order chi connectivity index (χ0) is 15.0. The quantitative estimate of drug-likeness (QED) is 0.675. The summed E-state index contributed by atoms with van der Waals surface area (Å²) < 4.78 is 2.14. The van der Waals surface area contributed by atoms with Crippen molar-refractivity contribution in [1.82, 2.24) is 4.90 Å². The highest BCUT2D eigenvalue weighted by atomic mass is 79.9. The van der Waals surface area contributed by atoms with Crippen molar-refractivity contribution in [2.45, 2.75) is 6.54 Å². The third kappa shape index (κ3) is 3.12. The number of benzene rings is 1. The molecule has 0 aliphatic rings. The Morgan fingerprint density at radius 1 is 1.33 bits per heavy atom. The van der Waals surface area contributed by atoms with Crippen LogP contribution in [0.15, 0.2) is 40.2 Å². The van der Waals surface area contributed by atoms with Crippen molar-refractivity contribution in [1.29, 1.82) is 0 Å². The van der Waals surface area contributed by atoms with E-state index in [2.05, 4.69) is 15.9 Å². The van der Waals surface area contributed by atoms with Gasteiger partial charge >= 0.3 is 0 Å². The lowest BCUT2D eigenvalue weighted by Gasteiger charge is -2.14. The monoisotopic (exact) mass is 380 g/mol. The Kier molecular flexibility index (Phi) is 4.01. The number of anilines is 1. The summed E-state index contributed by atoms with van der Waals surface area (Å²) in [6, 6.07) is 9.68. The molecule has 3 aromatic rings. The van der Waals surface area contributed by atoms with Gasteiger partial charge in [-0.05, 0) is 51.6 Å². The molecule has 0 aliphatic heterocycles. The Balaban J connectivity index is 1.82. The lowest BCUT2D eigenvalue weighted by molar-refractivity contribution is 0.0791. The third-order valence-electron chi connectivity index (χ3n) is 3.11. The van der Waals surface area contributed by atoms with Gasteiger partial charge in [-0.2, -0.15) is 0 Å². The Hall–Kier alpha value is -1.37. The molecule has 0 radical (unpaired) electrons. The highest BCUT2D eigenvalue weighted by Crippen LogP contribution is 2.28. The second kappa shape index (κ2) is 5.79. The van der Waals surface area contributed by atoms with Crippen molar-refractivity contribution < 1.29 is 4.79 Å². The molecule has 0 saturated carbocycles. The normalized spacial score (nSPS) is 11.0. The van der Waals surface area contributed by atoms with Crippen LogP contribution in [-0.4, -0.2) is 17.9 Å². The van der Waals surface area contributed by atoms with Gasteiger partial charge in [0.05, 0.1) is 11.4 Å². The largest absolute Gasteiger partial charge is 0.399 e. The van der Waals surface area contributed by atoms with E-state index in [-0.39, 0.29) is 5.91 Å². The minimum Gasteiger partial charge on any atom is -0.399 e. The second-order valence-corrected chi connectivity index (χ2v) is 7.80. The van der Waals surface area contributed by atoms with E-state index >= 15 is 0 Å². The number of hydrogen-bond donors (Lipinski definition) is 1. The summed E-state index contributed by atoms with van der Waals surface area (Å²) in [5.74, 6) is 0.0410. The van der Waals surface area contributed by atoms with Gasteiger partial charge in [-0.1, -0.05) is 0 Å². The molecular formula is C15H13BrN2OS2. The first kappa shape index (κ1) is 14.6. The zero-order valence-corrected chi connectivity index (χ0v) is 14.5. The van der Waals surface area contributed by atoms with Crippen LogP contribution in [0.3, 0.4) is 0 Å². The maximum Gasteiger partial charge on any atom is 0.264 e. The van der Waals surface area contributed by atoms with Crippen molar-refractivity contribution in [3.63, 3.8) is 0 Å². The van der Waals surface area contributed by atoms with Crippen molar-refractivity contribution in [2.75, 3.05) is 12.8 Å². The van der Waals surface area contributed by atoms with Gasteiger partial charge in [-0.3, -0.25) is 4.79 Å². The van der Waals surface area contributed by atoms with Crippen molar-refractivity contribution in [3.8, 4) is 0 Å². The molecule has 2 N–H and O–H groups in total. The number of nitrogens with two attached hydrogens (primary N) is 1. The van der Waals surface area contributed by atoms with Gasteiger partial charge in [0.25, 0.3) is 5.91 Å². The molecule has 21 heavy (non-hydrogen) atoms. The number of halogens is 1. The Bertz CT molecular complexity index is 809. The predicted octanol–water partition coefficient (Wildman–Crippen LogP) is 4.58. The van der Waals surface area contributed by atoms with E-state index in [0.29, 0.717) is 6.54 Å². The topological polar surface area (TPSA) is 46.3 Å². The fourth-order valence-electron chi connectivity index (χ4n) is 2.10. The Labute approximate surface area is 139 Å². The van der Waals surface area contributed by atoms with Crippen LogP contribution in [-0.2, 0) is 6.54 Å². The maximum atomic E-state index is 12.5. The number of fused-ring (bicyclic) bond motifs is 1. The molecular weight excluding hydrogens is 368 g/mol. The first-order valence-corrected chi connectivity index (χ1v) is 8.79. The fourth-order valence-corrected chi connectivity index (χ4v) is 4.64. The number of nitrogen functional groups attached to an aromatic ring is 1. The first-order valence-electron chi connectivity index (χ1n) is 6.30. The first-order chi connectivity index (χ1) is 10.0. The molecule has 6 heteroatoms. The molecule has 0 saturated heterocycles. The average Bonchev–Trinajstić information content (AvgIpc) is 3.03. The third-order valence-corrected chi connectivity index (χ3v) is 5.90. The van der Waals surface area contributed by atoms with Gasteiger partial charge in [0, 0.05) is 32.2 Å². The standard InChI is InChI=1S/C15H13BrN2OS2/c1-18(7-12-6-10(16)8-20-12)15(19)14-5-9-4-11(17)2-3-13(9)21-14/h2-6,8H,7,17H2,1H3. The van der Waals surface area contributed by atoms with Crippen molar-refractivity contribution in [3.05, 3.63) is 49.9 Å². The lowest BCUT2D eigenvalue weighted by atomic mass is 10.2. The molecule has 1 amide bonds. The second-order valence-electron chi connectivity index (χ2n) is 4.80. The van der Waals surface area contributed by atoms with Crippen LogP contribution in [0.2, 0.25) is 0 Å². The summed E-state index contributed by atoms with van der Waals surface area (Å²) in [6.07, 6.45) is 0. The van der Waals surface area contributed by atoms with Gasteiger partial charge in [0.1, 0.15) is 0 Å². The van der Waals surface area contributed by atoms with E-state index in [1.165, 1.54) is 11.3 Å². The molecule has 108 valence electrons. The molecule has 1 aromatic carbocycles. The number of amides is 1. The van der Waals surface area contributed by atoms with Gasteiger partial charge < -0.3 is 10.6 Å². The van der Waals surface area contributed by atoms with Crippen molar-refractivity contribution in [2.24, 2.45) is 0 Å². The van der Waals surface area contributed by atoms with Crippen LogP contribution in [0, 0.1) is 0 Å². The number of hydrogen-bond acceptors (Lipinski definition) is 4. The Morgan fingerprint density at radius 3 is 2.86 bits per heavy atom. The summed E-state index contributed by atoms with van der Waals surface area (Å²) in [4.78, 5) is 16.2. The summed E-state index contributed by atoms with van der Waals surface area (Å²) in [6.45, 7) is 0.617. The highest BCUT2D eigenvalue weighted by Gasteiger charge is 2.16. The SMILES string of the molecule is CN(Cc1cc(Br)cs1)C(=O)c1cc2cc(N)ccc2s1. The minimum absolute atomic E-state index is 0.0410. The molecule has 3 nitrogen and oxygen atoms in total. The van der Waals surface area contributed by atoms with Crippen molar-refractivity contribution >= 4 is 60.3 Å². The summed E-state index contributed by atoms with van der Waals surface area (Å²) in [5.41, 5.74) is 6.50. The number of thiophene rings is 2. The molecule has 0 bridgehead atoms. The van der Waals surface area contributed by atoms with Crippen LogP contribution in [0.1, 0.15) is 14.5 Å². The molecule has 0 atom stereocenters. The number of carbonyl (C=O) groups is 1. The van der Waals surface area contributed by atoms with E-state index < -0.39 is 0 Å². The van der Waals surface area contributed by atoms with Crippen LogP contribution in [0.4, 0.5) is 5.69 Å². The fraction of sp³-hybridized carbons (Fsp3) is 0.133. The molecule has 0 aliphatic carbocycles. The molecule has 0 fully saturated rings. The van der Waals surface area contributed by atoms with Crippen LogP contribution >= 0.6 is 38.6 Å². The molecule has 2 aromatic heterocycles. The Morgan fingerprint density at radius 2 is 2.14 bits per heavy atom. The van der Waals surface area contributed by atoms with E-state index in [9.17, 15) is 4.79 Å². The van der Waals surface area contributed by atoms with Gasteiger partial charge in [-0.15, -0.1) is 22.7 Å². The van der Waals surface area contributed by atoms with E-state index in [4.69, 9.17) is 5.73 Å². The predicted molar refractivity (Wildman–Crippen MR) is 94.1 cm³/mol. The number of rotatable bonds is 3. The molecule has 0 unspecified atom stereocenters. The zero-order valence-electron chi connectivity index (χ0n) is 11.3. The summed E-state index contributed by atoms with van der Waals surface area (Å²) >= 11 is 6.58. The smallest absolute Gasteiger partial charge is 0.264 e. The number of carbonyl (C=O) groups excluding carboxylic acids is 1. The molecule has 0 spiro atoms. The van der Waals surface area contributed by atoms with E-state index in [1.54, 1.807) is 16.2 Å². The lowest BCUT2D eigenvalue weighted by Crippen LogP contribution is -2.24. The van der Waals surface area contributed by atoms with Crippen LogP contribution in [0.5, 0.6) is 0 Å². The summed E-state index contributed by atoms with van der Waals surface area (Å²) in [7, 11) is 1.83. The molecule has 2 heterocycles. The van der Waals surface area contributed by atoms with Gasteiger partial charge in [0.15, 0.2) is 0 Å². The van der Waals surface area contributed by atoms with Gasteiger partial charge in [0.2, 0.25) is 0 Å². The minimum atomic E-state index is 0.0410. The average molecular weight is 381 g/mol. The number of nitrogens with zero attached hydrogens (tertiary/aromatic N) is 1. The van der Waals surface area contributed by atoms with E-state index in [1.807, 2.05) is 42.8 Å². The highest BCUT2D eigenvalue weighted by molar-refractivity contribution is 9.10.